The van der Waals surface area contributed by atoms with Crippen LogP contribution < -0.4 is 10.6 Å². The molecule has 2 saturated heterocycles. The number of nitrogens with one attached hydrogen (secondary N) is 2. The van der Waals surface area contributed by atoms with Gasteiger partial charge in [-0.25, -0.2) is 0 Å². The van der Waals surface area contributed by atoms with Crippen molar-refractivity contribution >= 4 is 11.8 Å². The third kappa shape index (κ3) is 5.66. The van der Waals surface area contributed by atoms with Crippen molar-refractivity contribution in [3.63, 3.8) is 0 Å². The maximum Gasteiger partial charge on any atom is 0.223 e. The lowest BCUT2D eigenvalue weighted by atomic mass is 9.94. The number of rotatable bonds is 7. The van der Waals surface area contributed by atoms with E-state index in [-0.39, 0.29) is 36.5 Å². The molecule has 3 fully saturated rings. The van der Waals surface area contributed by atoms with E-state index < -0.39 is 6.10 Å². The van der Waals surface area contributed by atoms with E-state index in [0.29, 0.717) is 32.0 Å². The summed E-state index contributed by atoms with van der Waals surface area (Å²) in [5.41, 5.74) is 0. The smallest absolute Gasteiger partial charge is 0.223 e. The Kier molecular flexibility index (Phi) is 6.67. The Balaban J connectivity index is 1.42. The Morgan fingerprint density at radius 1 is 1.04 bits per heavy atom. The van der Waals surface area contributed by atoms with Gasteiger partial charge in [0.1, 0.15) is 6.10 Å². The quantitative estimate of drug-likeness (QED) is 0.613. The lowest BCUT2D eigenvalue weighted by molar-refractivity contribution is -0.139. The molecule has 3 aliphatic rings. The molecule has 2 aliphatic heterocycles. The Bertz CT molecular complexity index is 462. The van der Waals surface area contributed by atoms with E-state index in [2.05, 4.69) is 10.6 Å². The molecule has 0 spiro atoms. The average Bonchev–Trinajstić information content (AvgIpc) is 3.46. The van der Waals surface area contributed by atoms with Crippen LogP contribution in [0.5, 0.6) is 0 Å². The molecular weight excluding hydrogens is 324 g/mol. The van der Waals surface area contributed by atoms with Crippen molar-refractivity contribution in [3.8, 4) is 0 Å². The van der Waals surface area contributed by atoms with Gasteiger partial charge in [0.25, 0.3) is 0 Å². The molecule has 0 aromatic heterocycles. The first kappa shape index (κ1) is 18.6. The Labute approximate surface area is 148 Å². The van der Waals surface area contributed by atoms with Gasteiger partial charge in [0.15, 0.2) is 0 Å². The molecule has 142 valence electrons. The van der Waals surface area contributed by atoms with Crippen molar-refractivity contribution < 1.29 is 24.2 Å². The van der Waals surface area contributed by atoms with Gasteiger partial charge in [0.2, 0.25) is 11.8 Å². The van der Waals surface area contributed by atoms with Gasteiger partial charge >= 0.3 is 0 Å². The molecule has 3 N–H and O–H groups in total. The van der Waals surface area contributed by atoms with Gasteiger partial charge in [0, 0.05) is 25.7 Å². The molecular formula is C18H30N2O5. The molecule has 7 nitrogen and oxygen atoms in total. The van der Waals surface area contributed by atoms with Crippen LogP contribution in [-0.4, -0.2) is 61.5 Å². The zero-order valence-corrected chi connectivity index (χ0v) is 14.7. The van der Waals surface area contributed by atoms with Crippen molar-refractivity contribution in [3.05, 3.63) is 0 Å². The Morgan fingerprint density at radius 3 is 2.48 bits per heavy atom. The third-order valence-corrected chi connectivity index (χ3v) is 5.41. The van der Waals surface area contributed by atoms with Crippen LogP contribution in [0.1, 0.15) is 44.9 Å². The van der Waals surface area contributed by atoms with Gasteiger partial charge in [-0.3, -0.25) is 9.59 Å². The minimum atomic E-state index is -0.446. The fraction of sp³-hybridized carbons (Fsp3) is 0.889. The first-order valence-corrected chi connectivity index (χ1v) is 9.57. The minimum Gasteiger partial charge on any atom is -0.394 e. The molecule has 1 aliphatic carbocycles. The summed E-state index contributed by atoms with van der Waals surface area (Å²) < 4.78 is 11.2. The number of carbonyl (C=O) groups excluding carboxylic acids is 2. The molecule has 7 heteroatoms. The Hall–Kier alpha value is -1.18. The summed E-state index contributed by atoms with van der Waals surface area (Å²) in [5.74, 6) is 0.680. The van der Waals surface area contributed by atoms with E-state index >= 15 is 0 Å². The molecule has 0 aromatic carbocycles. The molecule has 3 rings (SSSR count). The minimum absolute atomic E-state index is 0.0123. The molecule has 2 amide bonds. The zero-order chi connectivity index (χ0) is 17.6. The van der Waals surface area contributed by atoms with E-state index in [1.54, 1.807) is 0 Å². The second-order valence-electron chi connectivity index (χ2n) is 7.51. The largest absolute Gasteiger partial charge is 0.394 e. The summed E-state index contributed by atoms with van der Waals surface area (Å²) in [7, 11) is 0. The van der Waals surface area contributed by atoms with Crippen molar-refractivity contribution in [2.24, 2.45) is 11.8 Å². The van der Waals surface area contributed by atoms with Gasteiger partial charge in [-0.2, -0.15) is 0 Å². The predicted molar refractivity (Wildman–Crippen MR) is 90.8 cm³/mol. The van der Waals surface area contributed by atoms with E-state index in [4.69, 9.17) is 9.47 Å². The van der Waals surface area contributed by atoms with Gasteiger partial charge in [-0.15, -0.1) is 0 Å². The summed E-state index contributed by atoms with van der Waals surface area (Å²) in [4.78, 5) is 24.3. The molecule has 1 saturated carbocycles. The molecule has 0 radical (unpaired) electrons. The van der Waals surface area contributed by atoms with E-state index in [0.717, 1.165) is 25.8 Å². The van der Waals surface area contributed by atoms with Crippen LogP contribution in [0.25, 0.3) is 0 Å². The van der Waals surface area contributed by atoms with Crippen molar-refractivity contribution in [2.45, 2.75) is 63.2 Å². The average molecular weight is 354 g/mol. The molecule has 0 bridgehead atoms. The lowest BCUT2D eigenvalue weighted by Gasteiger charge is -2.37. The maximum absolute atomic E-state index is 12.4. The highest BCUT2D eigenvalue weighted by molar-refractivity contribution is 5.79. The van der Waals surface area contributed by atoms with Crippen molar-refractivity contribution in [2.75, 3.05) is 26.4 Å². The lowest BCUT2D eigenvalue weighted by Crippen LogP contribution is -2.53. The van der Waals surface area contributed by atoms with Crippen LogP contribution in [0.4, 0.5) is 0 Å². The van der Waals surface area contributed by atoms with Crippen LogP contribution in [0.2, 0.25) is 0 Å². The molecule has 0 unspecified atom stereocenters. The van der Waals surface area contributed by atoms with Crippen LogP contribution in [0.3, 0.4) is 0 Å². The molecule has 3 atom stereocenters. The number of hydrogen-bond donors (Lipinski definition) is 3. The number of aliphatic hydroxyl groups excluding tert-OH is 1. The van der Waals surface area contributed by atoms with Crippen molar-refractivity contribution in [1.82, 2.24) is 10.6 Å². The van der Waals surface area contributed by atoms with Crippen LogP contribution in [0, 0.1) is 11.8 Å². The van der Waals surface area contributed by atoms with Gasteiger partial charge in [-0.05, 0) is 44.4 Å². The fourth-order valence-corrected chi connectivity index (χ4v) is 3.57. The number of hydrogen-bond acceptors (Lipinski definition) is 5. The van der Waals surface area contributed by atoms with Crippen LogP contribution in [0.15, 0.2) is 0 Å². The number of carbonyl (C=O) groups is 2. The second-order valence-corrected chi connectivity index (χ2v) is 7.51. The SMILES string of the molecule is O=C(C[C@H]1CC[C@H](NC(=O)C2CCOCC2)[C@H](CO)O1)NCC1CC1. The fourth-order valence-electron chi connectivity index (χ4n) is 3.57. The van der Waals surface area contributed by atoms with Gasteiger partial charge < -0.3 is 25.2 Å². The highest BCUT2D eigenvalue weighted by Crippen LogP contribution is 2.28. The number of ether oxygens (including phenoxy) is 2. The molecule has 2 heterocycles. The van der Waals surface area contributed by atoms with Gasteiger partial charge in [0.05, 0.1) is 25.2 Å². The first-order valence-electron chi connectivity index (χ1n) is 9.57. The maximum atomic E-state index is 12.4. The van der Waals surface area contributed by atoms with Crippen LogP contribution in [-0.2, 0) is 19.1 Å². The van der Waals surface area contributed by atoms with E-state index in [1.165, 1.54) is 12.8 Å². The second kappa shape index (κ2) is 8.96. The summed E-state index contributed by atoms with van der Waals surface area (Å²) in [6.07, 6.45) is 5.03. The first-order chi connectivity index (χ1) is 12.2. The summed E-state index contributed by atoms with van der Waals surface area (Å²) in [6.45, 7) is 1.86. The highest BCUT2D eigenvalue weighted by Gasteiger charge is 2.34. The van der Waals surface area contributed by atoms with E-state index in [9.17, 15) is 14.7 Å². The summed E-state index contributed by atoms with van der Waals surface area (Å²) in [5, 5.41) is 15.6. The van der Waals surface area contributed by atoms with Crippen molar-refractivity contribution in [1.29, 1.82) is 0 Å². The normalized spacial score (nSPS) is 30.7. The predicted octanol–water partition coefficient (Wildman–Crippen LogP) is 0.354. The monoisotopic (exact) mass is 354 g/mol. The third-order valence-electron chi connectivity index (χ3n) is 5.41. The van der Waals surface area contributed by atoms with Gasteiger partial charge in [-0.1, -0.05) is 0 Å². The highest BCUT2D eigenvalue weighted by atomic mass is 16.5. The molecule has 0 aromatic rings. The topological polar surface area (TPSA) is 96.9 Å². The number of aliphatic hydroxyl groups is 1. The molecule has 25 heavy (non-hydrogen) atoms. The Morgan fingerprint density at radius 2 is 1.80 bits per heavy atom. The standard InChI is InChI=1S/C18H30N2O5/c21-11-16-15(20-18(23)13-5-7-24-8-6-13)4-3-14(25-16)9-17(22)19-10-12-1-2-12/h12-16,21H,1-11H2,(H,19,22)(H,20,23)/t14-,15+,16+/m1/s1. The number of amides is 2. The summed E-state index contributed by atoms with van der Waals surface area (Å²) in [6, 6.07) is -0.189. The van der Waals surface area contributed by atoms with E-state index in [1.807, 2.05) is 0 Å². The summed E-state index contributed by atoms with van der Waals surface area (Å²) >= 11 is 0. The zero-order valence-electron chi connectivity index (χ0n) is 14.7. The van der Waals surface area contributed by atoms with Crippen LogP contribution >= 0.6 is 0 Å².